The van der Waals surface area contributed by atoms with Gasteiger partial charge in [0.15, 0.2) is 11.5 Å². The second-order valence-electron chi connectivity index (χ2n) is 4.54. The molecule has 0 spiro atoms. The van der Waals surface area contributed by atoms with Crippen molar-refractivity contribution < 1.29 is 14.2 Å². The van der Waals surface area contributed by atoms with Crippen LogP contribution in [0.25, 0.3) is 0 Å². The largest absolute Gasteiger partial charge is 0.493 e. The van der Waals surface area contributed by atoms with Gasteiger partial charge in [-0.25, -0.2) is 0 Å². The molecule has 0 saturated carbocycles. The number of benzene rings is 2. The Kier molecular flexibility index (Phi) is 5.58. The molecule has 0 aromatic heterocycles. The molecule has 0 aliphatic carbocycles. The Morgan fingerprint density at radius 2 is 1.43 bits per heavy atom. The SMILES string of the molecule is COc1cc(C=Nc2cc(Cl)c(N)c(Cl)c2)cc(OC)c1OC. The second-order valence-corrected chi connectivity index (χ2v) is 5.35. The number of ether oxygens (including phenoxy) is 3. The maximum absolute atomic E-state index is 6.00. The van der Waals surface area contributed by atoms with E-state index in [-0.39, 0.29) is 0 Å². The van der Waals surface area contributed by atoms with Gasteiger partial charge in [-0.2, -0.15) is 0 Å². The molecule has 5 nitrogen and oxygen atoms in total. The standard InChI is InChI=1S/C16H16Cl2N2O3/c1-21-13-4-9(5-14(22-2)16(13)23-3)8-20-10-6-11(17)15(19)12(18)7-10/h4-8H,19H2,1-3H3. The molecular weight excluding hydrogens is 339 g/mol. The monoisotopic (exact) mass is 354 g/mol. The van der Waals surface area contributed by atoms with Crippen LogP contribution in [-0.4, -0.2) is 27.5 Å². The van der Waals surface area contributed by atoms with Crippen molar-refractivity contribution in [2.45, 2.75) is 0 Å². The van der Waals surface area contributed by atoms with Crippen LogP contribution in [0.1, 0.15) is 5.56 Å². The summed E-state index contributed by atoms with van der Waals surface area (Å²) >= 11 is 12.0. The molecule has 2 N–H and O–H groups in total. The summed E-state index contributed by atoms with van der Waals surface area (Å²) in [5.74, 6) is 1.61. The van der Waals surface area contributed by atoms with Crippen LogP contribution in [0.15, 0.2) is 29.3 Å². The first-order chi connectivity index (χ1) is 11.0. The number of hydrogen-bond acceptors (Lipinski definition) is 5. The molecule has 2 rings (SSSR count). The molecule has 0 aliphatic rings. The molecule has 0 fully saturated rings. The van der Waals surface area contributed by atoms with Gasteiger partial charge in [0, 0.05) is 11.8 Å². The fourth-order valence-electron chi connectivity index (χ4n) is 1.97. The zero-order valence-electron chi connectivity index (χ0n) is 12.9. The summed E-state index contributed by atoms with van der Waals surface area (Å²) < 4.78 is 15.9. The van der Waals surface area contributed by atoms with Crippen molar-refractivity contribution in [3.8, 4) is 17.2 Å². The molecule has 2 aromatic carbocycles. The van der Waals surface area contributed by atoms with Crippen molar-refractivity contribution in [1.82, 2.24) is 0 Å². The van der Waals surface area contributed by atoms with E-state index >= 15 is 0 Å². The van der Waals surface area contributed by atoms with E-state index in [1.165, 1.54) is 0 Å². The lowest BCUT2D eigenvalue weighted by molar-refractivity contribution is 0.324. The molecule has 0 saturated heterocycles. The van der Waals surface area contributed by atoms with Crippen LogP contribution < -0.4 is 19.9 Å². The van der Waals surface area contributed by atoms with E-state index in [1.807, 2.05) is 0 Å². The molecular formula is C16H16Cl2N2O3. The highest BCUT2D eigenvalue weighted by atomic mass is 35.5. The Balaban J connectivity index is 2.40. The van der Waals surface area contributed by atoms with Gasteiger partial charge in [-0.3, -0.25) is 4.99 Å². The van der Waals surface area contributed by atoms with Crippen molar-refractivity contribution in [2.24, 2.45) is 4.99 Å². The minimum Gasteiger partial charge on any atom is -0.493 e. The van der Waals surface area contributed by atoms with Gasteiger partial charge in [0.25, 0.3) is 0 Å². The molecule has 0 amide bonds. The minimum atomic E-state index is 0.333. The Bertz CT molecular complexity index is 700. The lowest BCUT2D eigenvalue weighted by Gasteiger charge is -2.12. The van der Waals surface area contributed by atoms with Crippen molar-refractivity contribution in [1.29, 1.82) is 0 Å². The maximum atomic E-state index is 6.00. The molecule has 122 valence electrons. The lowest BCUT2D eigenvalue weighted by Crippen LogP contribution is -1.96. The molecule has 0 unspecified atom stereocenters. The van der Waals surface area contributed by atoms with Crippen LogP contribution in [0.4, 0.5) is 11.4 Å². The predicted molar refractivity (Wildman–Crippen MR) is 94.2 cm³/mol. The molecule has 0 aliphatic heterocycles. The second kappa shape index (κ2) is 7.44. The van der Waals surface area contributed by atoms with E-state index in [9.17, 15) is 0 Å². The van der Waals surface area contributed by atoms with Crippen LogP contribution in [0, 0.1) is 0 Å². The highest BCUT2D eigenvalue weighted by Gasteiger charge is 2.12. The number of methoxy groups -OCH3 is 3. The van der Waals surface area contributed by atoms with Gasteiger partial charge < -0.3 is 19.9 Å². The average Bonchev–Trinajstić information content (AvgIpc) is 2.56. The fourth-order valence-corrected chi connectivity index (χ4v) is 2.45. The highest BCUT2D eigenvalue weighted by molar-refractivity contribution is 6.39. The van der Waals surface area contributed by atoms with E-state index in [4.69, 9.17) is 43.1 Å². The molecule has 0 heterocycles. The van der Waals surface area contributed by atoms with Gasteiger partial charge in [0.1, 0.15) is 0 Å². The third-order valence-corrected chi connectivity index (χ3v) is 3.74. The molecule has 23 heavy (non-hydrogen) atoms. The number of aliphatic imine (C=N–C) groups is 1. The van der Waals surface area contributed by atoms with Gasteiger partial charge >= 0.3 is 0 Å². The summed E-state index contributed by atoms with van der Waals surface area (Å²) in [6.45, 7) is 0. The van der Waals surface area contributed by atoms with E-state index in [0.29, 0.717) is 38.7 Å². The first-order valence-electron chi connectivity index (χ1n) is 6.58. The zero-order valence-corrected chi connectivity index (χ0v) is 14.4. The van der Waals surface area contributed by atoms with Crippen LogP contribution in [0.5, 0.6) is 17.2 Å². The summed E-state index contributed by atoms with van der Waals surface area (Å²) in [5.41, 5.74) is 7.39. The Labute approximate surface area is 144 Å². The number of halogens is 2. The van der Waals surface area contributed by atoms with Crippen LogP contribution in [0.2, 0.25) is 10.0 Å². The minimum absolute atomic E-state index is 0.333. The molecule has 0 atom stereocenters. The number of nitrogen functional groups attached to an aromatic ring is 1. The summed E-state index contributed by atoms with van der Waals surface area (Å²) in [5, 5.41) is 0.712. The zero-order chi connectivity index (χ0) is 17.0. The molecule has 0 radical (unpaired) electrons. The van der Waals surface area contributed by atoms with Crippen molar-refractivity contribution in [3.63, 3.8) is 0 Å². The number of anilines is 1. The molecule has 7 heteroatoms. The van der Waals surface area contributed by atoms with Gasteiger partial charge in [0.2, 0.25) is 5.75 Å². The number of rotatable bonds is 5. The number of nitrogens with two attached hydrogens (primary N) is 1. The van der Waals surface area contributed by atoms with E-state index in [0.717, 1.165) is 5.56 Å². The van der Waals surface area contributed by atoms with Crippen molar-refractivity contribution >= 4 is 40.8 Å². The fraction of sp³-hybridized carbons (Fsp3) is 0.188. The van der Waals surface area contributed by atoms with E-state index < -0.39 is 0 Å². The number of hydrogen-bond donors (Lipinski definition) is 1. The van der Waals surface area contributed by atoms with E-state index in [2.05, 4.69) is 4.99 Å². The lowest BCUT2D eigenvalue weighted by atomic mass is 10.2. The Morgan fingerprint density at radius 3 is 1.87 bits per heavy atom. The Hall–Kier alpha value is -2.11. The quantitative estimate of drug-likeness (QED) is 0.640. The van der Waals surface area contributed by atoms with Crippen molar-refractivity contribution in [3.05, 3.63) is 39.9 Å². The smallest absolute Gasteiger partial charge is 0.203 e. The Morgan fingerprint density at radius 1 is 0.913 bits per heavy atom. The normalized spacial score (nSPS) is 10.8. The average molecular weight is 355 g/mol. The predicted octanol–water partition coefficient (Wildman–Crippen LogP) is 4.35. The van der Waals surface area contributed by atoms with Crippen molar-refractivity contribution in [2.75, 3.05) is 27.1 Å². The third kappa shape index (κ3) is 3.81. The summed E-state index contributed by atoms with van der Waals surface area (Å²) in [4.78, 5) is 4.34. The van der Waals surface area contributed by atoms with Crippen LogP contribution in [-0.2, 0) is 0 Å². The van der Waals surface area contributed by atoms with Crippen LogP contribution in [0.3, 0.4) is 0 Å². The summed E-state index contributed by atoms with van der Waals surface area (Å²) in [6, 6.07) is 6.84. The van der Waals surface area contributed by atoms with Gasteiger partial charge in [-0.1, -0.05) is 23.2 Å². The molecule has 2 aromatic rings. The summed E-state index contributed by atoms with van der Waals surface area (Å²) in [7, 11) is 4.65. The van der Waals surface area contributed by atoms with E-state index in [1.54, 1.807) is 51.8 Å². The topological polar surface area (TPSA) is 66.1 Å². The first-order valence-corrected chi connectivity index (χ1v) is 7.34. The van der Waals surface area contributed by atoms with Gasteiger partial charge in [-0.05, 0) is 24.3 Å². The van der Waals surface area contributed by atoms with Gasteiger partial charge in [0.05, 0.1) is 42.7 Å². The third-order valence-electron chi connectivity index (χ3n) is 3.11. The number of nitrogens with zero attached hydrogens (tertiary/aromatic N) is 1. The maximum Gasteiger partial charge on any atom is 0.203 e. The highest BCUT2D eigenvalue weighted by Crippen LogP contribution is 2.38. The van der Waals surface area contributed by atoms with Gasteiger partial charge in [-0.15, -0.1) is 0 Å². The first kappa shape index (κ1) is 17.2. The van der Waals surface area contributed by atoms with Crippen LogP contribution >= 0.6 is 23.2 Å². The summed E-state index contributed by atoms with van der Waals surface area (Å²) in [6.07, 6.45) is 1.64. The molecule has 0 bridgehead atoms.